The Morgan fingerprint density at radius 3 is 2.52 bits per heavy atom. The summed E-state index contributed by atoms with van der Waals surface area (Å²) >= 11 is 0. The molecular formula is C22H30N4O5. The van der Waals surface area contributed by atoms with Crippen LogP contribution in [0.15, 0.2) is 24.3 Å². The number of carboxylic acids is 1. The second-order valence-electron chi connectivity index (χ2n) is 8.54. The molecule has 2 heterocycles. The summed E-state index contributed by atoms with van der Waals surface area (Å²) < 4.78 is 1.90. The number of fused-ring (bicyclic) bond motifs is 1. The number of hydrogen-bond donors (Lipinski definition) is 2. The van der Waals surface area contributed by atoms with Gasteiger partial charge in [0.05, 0.1) is 23.0 Å². The van der Waals surface area contributed by atoms with Gasteiger partial charge in [-0.15, -0.1) is 0 Å². The van der Waals surface area contributed by atoms with Gasteiger partial charge in [0.25, 0.3) is 5.91 Å². The molecule has 1 fully saturated rings. The highest BCUT2D eigenvalue weighted by Crippen LogP contribution is 2.25. The zero-order valence-corrected chi connectivity index (χ0v) is 18.2. The van der Waals surface area contributed by atoms with E-state index in [-0.39, 0.29) is 31.3 Å². The van der Waals surface area contributed by atoms with Crippen molar-refractivity contribution in [3.63, 3.8) is 0 Å². The summed E-state index contributed by atoms with van der Waals surface area (Å²) in [7, 11) is 0. The molecule has 0 radical (unpaired) electrons. The maximum atomic E-state index is 13.7. The van der Waals surface area contributed by atoms with Gasteiger partial charge < -0.3 is 24.6 Å². The molecule has 1 aliphatic rings. The summed E-state index contributed by atoms with van der Waals surface area (Å²) in [5.41, 5.74) is 1.60. The molecule has 1 aliphatic heterocycles. The van der Waals surface area contributed by atoms with Gasteiger partial charge in [0.2, 0.25) is 0 Å². The third-order valence-electron chi connectivity index (χ3n) is 5.60. The number of carbonyl (C=O) groups is 3. The molecule has 1 aromatic carbocycles. The topological polar surface area (TPSA) is 116 Å². The van der Waals surface area contributed by atoms with Crippen molar-refractivity contribution in [1.82, 2.24) is 19.4 Å². The first-order chi connectivity index (χ1) is 14.7. The van der Waals surface area contributed by atoms with Gasteiger partial charge in [-0.25, -0.2) is 9.78 Å². The summed E-state index contributed by atoms with van der Waals surface area (Å²) in [4.78, 5) is 44.3. The van der Waals surface area contributed by atoms with Crippen LogP contribution in [0.3, 0.4) is 0 Å². The first-order valence-corrected chi connectivity index (χ1v) is 10.7. The van der Waals surface area contributed by atoms with Gasteiger partial charge in [0.15, 0.2) is 5.82 Å². The van der Waals surface area contributed by atoms with E-state index < -0.39 is 24.0 Å². The number of piperidine rings is 1. The molecule has 2 aromatic rings. The zero-order valence-electron chi connectivity index (χ0n) is 18.2. The second-order valence-corrected chi connectivity index (χ2v) is 8.54. The number of hydrogen-bond acceptors (Lipinski definition) is 4. The third-order valence-corrected chi connectivity index (χ3v) is 5.60. The molecule has 0 saturated carbocycles. The van der Waals surface area contributed by atoms with E-state index in [1.807, 2.05) is 49.6 Å². The normalized spacial score (nSPS) is 19.0. The molecule has 9 nitrogen and oxygen atoms in total. The molecule has 2 N–H and O–H groups in total. The average molecular weight is 431 g/mol. The van der Waals surface area contributed by atoms with Crippen molar-refractivity contribution >= 4 is 29.0 Å². The molecular weight excluding hydrogens is 400 g/mol. The van der Waals surface area contributed by atoms with Crippen molar-refractivity contribution in [1.29, 1.82) is 0 Å². The van der Waals surface area contributed by atoms with E-state index in [2.05, 4.69) is 4.98 Å². The molecule has 0 unspecified atom stereocenters. The quantitative estimate of drug-likeness (QED) is 0.698. The van der Waals surface area contributed by atoms with Crippen molar-refractivity contribution in [2.75, 3.05) is 19.6 Å². The molecule has 1 aromatic heterocycles. The number of nitrogens with zero attached hydrogens (tertiary/aromatic N) is 4. The summed E-state index contributed by atoms with van der Waals surface area (Å²) in [6.07, 6.45) is -0.139. The Balaban J connectivity index is 2.01. The van der Waals surface area contributed by atoms with Crippen LogP contribution in [0.25, 0.3) is 11.0 Å². The SMILES string of the molecule is CCCn1c(C(=O)N(CC(C)C)[C@H]2C[C@@H](C(=O)O)CN(C(=O)O)C2)nc2ccccc21. The minimum atomic E-state index is -1.17. The van der Waals surface area contributed by atoms with E-state index in [1.54, 1.807) is 4.90 Å². The molecule has 9 heteroatoms. The Kier molecular flexibility index (Phi) is 6.82. The van der Waals surface area contributed by atoms with Gasteiger partial charge in [0, 0.05) is 26.2 Å². The van der Waals surface area contributed by atoms with E-state index in [4.69, 9.17) is 0 Å². The lowest BCUT2D eigenvalue weighted by molar-refractivity contribution is -0.144. The number of carboxylic acid groups (broad SMARTS) is 2. The average Bonchev–Trinajstić information content (AvgIpc) is 3.10. The van der Waals surface area contributed by atoms with Crippen LogP contribution in [0.1, 0.15) is 44.2 Å². The molecule has 3 rings (SSSR count). The highest BCUT2D eigenvalue weighted by Gasteiger charge is 2.39. The number of likely N-dealkylation sites (tertiary alicyclic amines) is 1. The van der Waals surface area contributed by atoms with E-state index in [0.717, 1.165) is 22.4 Å². The third kappa shape index (κ3) is 4.81. The Morgan fingerprint density at radius 2 is 1.90 bits per heavy atom. The van der Waals surface area contributed by atoms with E-state index in [9.17, 15) is 24.6 Å². The van der Waals surface area contributed by atoms with Crippen LogP contribution in [0.4, 0.5) is 4.79 Å². The smallest absolute Gasteiger partial charge is 0.407 e. The number of rotatable bonds is 7. The van der Waals surface area contributed by atoms with Gasteiger partial charge >= 0.3 is 12.1 Å². The highest BCUT2D eigenvalue weighted by atomic mass is 16.4. The lowest BCUT2D eigenvalue weighted by atomic mass is 9.92. The number of aromatic nitrogens is 2. The predicted octanol–water partition coefficient (Wildman–Crippen LogP) is 3.00. The molecule has 0 bridgehead atoms. The molecule has 168 valence electrons. The van der Waals surface area contributed by atoms with Crippen molar-refractivity contribution in [3.05, 3.63) is 30.1 Å². The van der Waals surface area contributed by atoms with Gasteiger partial charge in [-0.2, -0.15) is 0 Å². The van der Waals surface area contributed by atoms with E-state index in [0.29, 0.717) is 18.9 Å². The van der Waals surface area contributed by atoms with Crippen molar-refractivity contribution in [3.8, 4) is 0 Å². The second kappa shape index (κ2) is 9.36. The van der Waals surface area contributed by atoms with Crippen LogP contribution in [-0.2, 0) is 11.3 Å². The number of amides is 2. The monoisotopic (exact) mass is 430 g/mol. The van der Waals surface area contributed by atoms with Gasteiger partial charge in [-0.1, -0.05) is 32.9 Å². The molecule has 0 aliphatic carbocycles. The fourth-order valence-corrected chi connectivity index (χ4v) is 4.24. The Bertz CT molecular complexity index is 948. The van der Waals surface area contributed by atoms with Crippen molar-refractivity contribution in [2.24, 2.45) is 11.8 Å². The van der Waals surface area contributed by atoms with E-state index in [1.165, 1.54) is 0 Å². The number of imidazole rings is 1. The Hall–Kier alpha value is -3.10. The minimum Gasteiger partial charge on any atom is -0.481 e. The van der Waals surface area contributed by atoms with Crippen molar-refractivity contribution < 1.29 is 24.6 Å². The largest absolute Gasteiger partial charge is 0.481 e. The number of benzene rings is 1. The summed E-state index contributed by atoms with van der Waals surface area (Å²) in [6.45, 7) is 7.01. The fourth-order valence-electron chi connectivity index (χ4n) is 4.24. The van der Waals surface area contributed by atoms with Crippen LogP contribution in [0, 0.1) is 11.8 Å². The van der Waals surface area contributed by atoms with Crippen LogP contribution < -0.4 is 0 Å². The Morgan fingerprint density at radius 1 is 1.19 bits per heavy atom. The van der Waals surface area contributed by atoms with Crippen molar-refractivity contribution in [2.45, 2.75) is 46.2 Å². The van der Waals surface area contributed by atoms with Crippen LogP contribution >= 0.6 is 0 Å². The standard InChI is InChI=1S/C22H30N4O5/c1-4-9-25-18-8-6-5-7-17(18)23-19(25)20(27)26(11-14(2)3)16-10-15(21(28)29)12-24(13-16)22(30)31/h5-8,14-16H,4,9-13H2,1-3H3,(H,28,29)(H,30,31)/t15-,16+/m1/s1. The summed E-state index contributed by atoms with van der Waals surface area (Å²) in [5, 5.41) is 19.0. The summed E-state index contributed by atoms with van der Waals surface area (Å²) in [5.74, 6) is -1.77. The molecule has 2 amide bonds. The fraction of sp³-hybridized carbons (Fsp3) is 0.545. The molecule has 1 saturated heterocycles. The highest BCUT2D eigenvalue weighted by molar-refractivity contribution is 5.95. The molecule has 31 heavy (non-hydrogen) atoms. The van der Waals surface area contributed by atoms with Gasteiger partial charge in [-0.05, 0) is 30.9 Å². The first-order valence-electron chi connectivity index (χ1n) is 10.7. The van der Waals surface area contributed by atoms with Crippen LogP contribution in [-0.4, -0.2) is 73.2 Å². The van der Waals surface area contributed by atoms with Crippen LogP contribution in [0.2, 0.25) is 0 Å². The van der Waals surface area contributed by atoms with Crippen LogP contribution in [0.5, 0.6) is 0 Å². The molecule has 0 spiro atoms. The maximum absolute atomic E-state index is 13.7. The summed E-state index contributed by atoms with van der Waals surface area (Å²) in [6, 6.07) is 7.03. The minimum absolute atomic E-state index is 0.0702. The lowest BCUT2D eigenvalue weighted by Gasteiger charge is -2.41. The van der Waals surface area contributed by atoms with Gasteiger partial charge in [-0.3, -0.25) is 9.59 Å². The zero-order chi connectivity index (χ0) is 22.7. The first kappa shape index (κ1) is 22.6. The number of para-hydroxylation sites is 2. The lowest BCUT2D eigenvalue weighted by Crippen LogP contribution is -2.56. The molecule has 2 atom stereocenters. The number of aryl methyl sites for hydroxylation is 1. The maximum Gasteiger partial charge on any atom is 0.407 e. The van der Waals surface area contributed by atoms with E-state index >= 15 is 0 Å². The Labute approximate surface area is 181 Å². The van der Waals surface area contributed by atoms with Gasteiger partial charge in [0.1, 0.15) is 0 Å². The number of carbonyl (C=O) groups excluding carboxylic acids is 1. The number of aliphatic carboxylic acids is 1. The predicted molar refractivity (Wildman–Crippen MR) is 115 cm³/mol.